The Morgan fingerprint density at radius 2 is 1.95 bits per heavy atom. The van der Waals surface area contributed by atoms with E-state index in [4.69, 9.17) is 21.1 Å². The van der Waals surface area contributed by atoms with Gasteiger partial charge in [-0.15, -0.1) is 0 Å². The second kappa shape index (κ2) is 6.62. The van der Waals surface area contributed by atoms with Gasteiger partial charge in [0.2, 0.25) is 0 Å². The number of anilines is 1. The number of sulfone groups is 1. The number of amides is 2. The van der Waals surface area contributed by atoms with Crippen molar-refractivity contribution in [3.8, 4) is 11.5 Å². The van der Waals surface area contributed by atoms with Crippen LogP contribution in [0.15, 0.2) is 12.1 Å². The number of halogens is 1. The van der Waals surface area contributed by atoms with Gasteiger partial charge in [0.1, 0.15) is 11.5 Å². The van der Waals surface area contributed by atoms with Crippen LogP contribution < -0.4 is 20.1 Å². The number of carbonyl (C=O) groups excluding carboxylic acids is 1. The molecule has 1 aliphatic rings. The van der Waals surface area contributed by atoms with Gasteiger partial charge in [0, 0.05) is 18.2 Å². The van der Waals surface area contributed by atoms with E-state index in [0.29, 0.717) is 28.6 Å². The van der Waals surface area contributed by atoms with Gasteiger partial charge in [0.05, 0.1) is 36.4 Å². The predicted octanol–water partition coefficient (Wildman–Crippen LogP) is 1.67. The van der Waals surface area contributed by atoms with Crippen molar-refractivity contribution in [1.29, 1.82) is 0 Å². The topological polar surface area (TPSA) is 93.7 Å². The molecule has 2 amide bonds. The molecule has 0 radical (unpaired) electrons. The molecule has 0 saturated carbocycles. The molecule has 1 saturated heterocycles. The maximum absolute atomic E-state index is 12.0. The number of benzene rings is 1. The summed E-state index contributed by atoms with van der Waals surface area (Å²) in [6.45, 7) is 0. The first-order chi connectivity index (χ1) is 10.3. The van der Waals surface area contributed by atoms with Crippen LogP contribution in [-0.4, -0.2) is 46.2 Å². The molecule has 2 N–H and O–H groups in total. The molecule has 1 aromatic carbocycles. The van der Waals surface area contributed by atoms with E-state index in [-0.39, 0.29) is 17.5 Å². The Morgan fingerprint density at radius 1 is 1.27 bits per heavy atom. The van der Waals surface area contributed by atoms with Gasteiger partial charge >= 0.3 is 6.03 Å². The number of hydrogen-bond donors (Lipinski definition) is 2. The van der Waals surface area contributed by atoms with Crippen molar-refractivity contribution < 1.29 is 22.7 Å². The molecule has 1 heterocycles. The van der Waals surface area contributed by atoms with E-state index in [1.807, 2.05) is 0 Å². The Kier molecular flexibility index (Phi) is 5.02. The molecule has 1 aliphatic heterocycles. The van der Waals surface area contributed by atoms with Crippen molar-refractivity contribution >= 4 is 33.2 Å². The lowest BCUT2D eigenvalue weighted by molar-refractivity contribution is 0.249. The number of hydrogen-bond acceptors (Lipinski definition) is 5. The van der Waals surface area contributed by atoms with E-state index in [1.165, 1.54) is 26.4 Å². The van der Waals surface area contributed by atoms with E-state index < -0.39 is 15.9 Å². The summed E-state index contributed by atoms with van der Waals surface area (Å²) in [6, 6.07) is 2.16. The summed E-state index contributed by atoms with van der Waals surface area (Å²) in [5, 5.41) is 5.59. The Labute approximate surface area is 133 Å². The Balaban J connectivity index is 2.08. The first-order valence-corrected chi connectivity index (χ1v) is 8.74. The van der Waals surface area contributed by atoms with Crippen molar-refractivity contribution in [3.05, 3.63) is 17.2 Å². The normalized spacial score (nSPS) is 19.5. The molecule has 1 unspecified atom stereocenters. The molecule has 1 fully saturated rings. The van der Waals surface area contributed by atoms with Crippen molar-refractivity contribution in [2.45, 2.75) is 12.5 Å². The molecule has 122 valence electrons. The van der Waals surface area contributed by atoms with Crippen LogP contribution >= 0.6 is 11.6 Å². The van der Waals surface area contributed by atoms with Crippen LogP contribution in [0.3, 0.4) is 0 Å². The highest BCUT2D eigenvalue weighted by atomic mass is 35.5. The zero-order valence-electron chi connectivity index (χ0n) is 12.2. The molecule has 0 aliphatic carbocycles. The number of methoxy groups -OCH3 is 2. The highest BCUT2D eigenvalue weighted by Crippen LogP contribution is 2.35. The van der Waals surface area contributed by atoms with E-state index in [9.17, 15) is 13.2 Å². The molecule has 0 spiro atoms. The van der Waals surface area contributed by atoms with Gasteiger partial charge in [-0.1, -0.05) is 11.6 Å². The molecular weight excluding hydrogens is 332 g/mol. The first kappa shape index (κ1) is 16.7. The molecule has 22 heavy (non-hydrogen) atoms. The van der Waals surface area contributed by atoms with Crippen molar-refractivity contribution in [2.24, 2.45) is 0 Å². The fraction of sp³-hybridized carbons (Fsp3) is 0.462. The molecular formula is C13H17ClN2O5S. The molecule has 9 heteroatoms. The number of carbonyl (C=O) groups is 1. The SMILES string of the molecule is COc1cc(NC(=O)NC2CCS(=O)(=O)C2)c(OC)cc1Cl. The van der Waals surface area contributed by atoms with Gasteiger partial charge in [-0.2, -0.15) is 0 Å². The van der Waals surface area contributed by atoms with Crippen LogP contribution in [0, 0.1) is 0 Å². The fourth-order valence-corrected chi connectivity index (χ4v) is 4.11. The standard InChI is InChI=1S/C13H17ClN2O5S/c1-20-11-6-10(12(21-2)5-9(11)14)16-13(17)15-8-3-4-22(18,19)7-8/h5-6,8H,3-4,7H2,1-2H3,(H2,15,16,17). The number of rotatable bonds is 4. The van der Waals surface area contributed by atoms with Gasteiger partial charge in [0.15, 0.2) is 9.84 Å². The third kappa shape index (κ3) is 3.95. The first-order valence-electron chi connectivity index (χ1n) is 6.54. The van der Waals surface area contributed by atoms with Crippen molar-refractivity contribution in [1.82, 2.24) is 5.32 Å². The summed E-state index contributed by atoms with van der Waals surface area (Å²) in [5.41, 5.74) is 0.377. The van der Waals surface area contributed by atoms with Crippen LogP contribution in [0.1, 0.15) is 6.42 Å². The summed E-state index contributed by atoms with van der Waals surface area (Å²) in [6.07, 6.45) is 0.414. The minimum Gasteiger partial charge on any atom is -0.495 e. The number of nitrogens with one attached hydrogen (secondary N) is 2. The van der Waals surface area contributed by atoms with Crippen LogP contribution in [-0.2, 0) is 9.84 Å². The van der Waals surface area contributed by atoms with Crippen LogP contribution in [0.5, 0.6) is 11.5 Å². The van der Waals surface area contributed by atoms with Gasteiger partial charge < -0.3 is 20.1 Å². The summed E-state index contributed by atoms with van der Waals surface area (Å²) in [4.78, 5) is 12.0. The number of urea groups is 1. The van der Waals surface area contributed by atoms with E-state index in [2.05, 4.69) is 10.6 Å². The number of ether oxygens (including phenoxy) is 2. The second-order valence-corrected chi connectivity index (χ2v) is 7.52. The average molecular weight is 349 g/mol. The van der Waals surface area contributed by atoms with Gasteiger partial charge in [-0.25, -0.2) is 13.2 Å². The fourth-order valence-electron chi connectivity index (χ4n) is 2.21. The zero-order valence-corrected chi connectivity index (χ0v) is 13.8. The highest BCUT2D eigenvalue weighted by molar-refractivity contribution is 7.91. The third-order valence-corrected chi connectivity index (χ3v) is 5.35. The quantitative estimate of drug-likeness (QED) is 0.863. The summed E-state index contributed by atoms with van der Waals surface area (Å²) >= 11 is 5.99. The van der Waals surface area contributed by atoms with Crippen LogP contribution in [0.2, 0.25) is 5.02 Å². The third-order valence-electron chi connectivity index (χ3n) is 3.29. The molecule has 2 rings (SSSR count). The van der Waals surface area contributed by atoms with Gasteiger partial charge in [-0.3, -0.25) is 0 Å². The smallest absolute Gasteiger partial charge is 0.319 e. The highest BCUT2D eigenvalue weighted by Gasteiger charge is 2.29. The molecule has 1 atom stereocenters. The second-order valence-electron chi connectivity index (χ2n) is 4.89. The summed E-state index contributed by atoms with van der Waals surface area (Å²) in [5.74, 6) is 0.818. The Morgan fingerprint density at radius 3 is 2.50 bits per heavy atom. The predicted molar refractivity (Wildman–Crippen MR) is 83.8 cm³/mol. The Bertz CT molecular complexity index is 677. The summed E-state index contributed by atoms with van der Waals surface area (Å²) in [7, 11) is -0.139. The molecule has 1 aromatic rings. The molecule has 0 bridgehead atoms. The maximum atomic E-state index is 12.0. The Hall–Kier alpha value is -1.67. The lowest BCUT2D eigenvalue weighted by atomic mass is 10.2. The monoisotopic (exact) mass is 348 g/mol. The van der Waals surface area contributed by atoms with Crippen molar-refractivity contribution in [3.63, 3.8) is 0 Å². The molecule has 7 nitrogen and oxygen atoms in total. The van der Waals surface area contributed by atoms with Crippen LogP contribution in [0.4, 0.5) is 10.5 Å². The minimum absolute atomic E-state index is 0.0402. The van der Waals surface area contributed by atoms with Crippen LogP contribution in [0.25, 0.3) is 0 Å². The van der Waals surface area contributed by atoms with E-state index in [1.54, 1.807) is 0 Å². The zero-order chi connectivity index (χ0) is 16.3. The maximum Gasteiger partial charge on any atom is 0.319 e. The molecule has 0 aromatic heterocycles. The summed E-state index contributed by atoms with van der Waals surface area (Å²) < 4.78 is 33.0. The average Bonchev–Trinajstić information content (AvgIpc) is 2.79. The van der Waals surface area contributed by atoms with E-state index >= 15 is 0 Å². The van der Waals surface area contributed by atoms with Gasteiger partial charge in [0.25, 0.3) is 0 Å². The van der Waals surface area contributed by atoms with Crippen molar-refractivity contribution in [2.75, 3.05) is 31.0 Å². The minimum atomic E-state index is -3.05. The lowest BCUT2D eigenvalue weighted by Gasteiger charge is -2.15. The van der Waals surface area contributed by atoms with Gasteiger partial charge in [-0.05, 0) is 6.42 Å². The lowest BCUT2D eigenvalue weighted by Crippen LogP contribution is -2.38. The largest absolute Gasteiger partial charge is 0.495 e. The van der Waals surface area contributed by atoms with E-state index in [0.717, 1.165) is 0 Å².